The molecule has 84 valence electrons. The number of rotatable bonds is 4. The zero-order chi connectivity index (χ0) is 12.0. The van der Waals surface area contributed by atoms with Crippen molar-refractivity contribution in [2.45, 2.75) is 26.3 Å². The van der Waals surface area contributed by atoms with Crippen molar-refractivity contribution in [1.82, 2.24) is 14.9 Å². The zero-order valence-electron chi connectivity index (χ0n) is 9.42. The van der Waals surface area contributed by atoms with E-state index in [4.69, 9.17) is 5.26 Å². The summed E-state index contributed by atoms with van der Waals surface area (Å²) in [6, 6.07) is 2.09. The van der Waals surface area contributed by atoms with E-state index in [-0.39, 0.29) is 11.9 Å². The maximum absolute atomic E-state index is 12.0. The van der Waals surface area contributed by atoms with Gasteiger partial charge in [0.2, 0.25) is 0 Å². The molecule has 1 amide bonds. The van der Waals surface area contributed by atoms with Crippen LogP contribution in [0, 0.1) is 11.3 Å². The van der Waals surface area contributed by atoms with Gasteiger partial charge in [0, 0.05) is 25.0 Å². The van der Waals surface area contributed by atoms with Crippen LogP contribution in [0.5, 0.6) is 0 Å². The summed E-state index contributed by atoms with van der Waals surface area (Å²) in [4.78, 5) is 21.3. The summed E-state index contributed by atoms with van der Waals surface area (Å²) in [6.45, 7) is 4.26. The summed E-state index contributed by atoms with van der Waals surface area (Å²) in [5, 5.41) is 8.54. The van der Waals surface area contributed by atoms with E-state index in [9.17, 15) is 4.79 Å². The van der Waals surface area contributed by atoms with Gasteiger partial charge in [-0.15, -0.1) is 0 Å². The molecule has 5 nitrogen and oxygen atoms in total. The number of carbonyl (C=O) groups excluding carboxylic acids is 1. The van der Waals surface area contributed by atoms with Gasteiger partial charge in [-0.2, -0.15) is 5.26 Å². The van der Waals surface area contributed by atoms with E-state index in [1.807, 2.05) is 19.9 Å². The van der Waals surface area contributed by atoms with Crippen LogP contribution in [0.25, 0.3) is 0 Å². The van der Waals surface area contributed by atoms with E-state index in [2.05, 4.69) is 9.97 Å². The monoisotopic (exact) mass is 218 g/mol. The molecule has 0 aromatic carbocycles. The number of amides is 1. The first-order valence-electron chi connectivity index (χ1n) is 5.09. The van der Waals surface area contributed by atoms with Gasteiger partial charge in [-0.05, 0) is 13.8 Å². The van der Waals surface area contributed by atoms with Gasteiger partial charge in [0.05, 0.1) is 18.1 Å². The lowest BCUT2D eigenvalue weighted by Crippen LogP contribution is -2.37. The quantitative estimate of drug-likeness (QED) is 0.762. The molecule has 0 N–H and O–H groups in total. The molecule has 0 radical (unpaired) electrons. The minimum Gasteiger partial charge on any atom is -0.335 e. The van der Waals surface area contributed by atoms with E-state index < -0.39 is 0 Å². The van der Waals surface area contributed by atoms with Crippen LogP contribution in [0.3, 0.4) is 0 Å². The summed E-state index contributed by atoms with van der Waals surface area (Å²) in [7, 11) is 0. The molecule has 1 rings (SSSR count). The summed E-state index contributed by atoms with van der Waals surface area (Å²) >= 11 is 0. The van der Waals surface area contributed by atoms with E-state index in [1.54, 1.807) is 4.90 Å². The van der Waals surface area contributed by atoms with Crippen molar-refractivity contribution in [3.8, 4) is 6.07 Å². The predicted octanol–water partition coefficient (Wildman–Crippen LogP) is 1.24. The molecule has 0 aliphatic heterocycles. The second-order valence-electron chi connectivity index (χ2n) is 3.63. The normalized spacial score (nSPS) is 9.88. The second kappa shape index (κ2) is 5.81. The maximum Gasteiger partial charge on any atom is 0.257 e. The molecule has 0 aliphatic rings. The Labute approximate surface area is 94.7 Å². The van der Waals surface area contributed by atoms with Crippen molar-refractivity contribution in [2.75, 3.05) is 6.54 Å². The SMILES string of the molecule is CC(C)N(CCC#N)C(=O)c1cncnc1. The lowest BCUT2D eigenvalue weighted by molar-refractivity contribution is 0.0709. The third-order valence-electron chi connectivity index (χ3n) is 2.16. The third-order valence-corrected chi connectivity index (χ3v) is 2.16. The van der Waals surface area contributed by atoms with E-state index in [0.717, 1.165) is 0 Å². The molecule has 16 heavy (non-hydrogen) atoms. The van der Waals surface area contributed by atoms with Gasteiger partial charge in [0.15, 0.2) is 0 Å². The molecule has 0 fully saturated rings. The Morgan fingerprint density at radius 2 is 2.12 bits per heavy atom. The van der Waals surface area contributed by atoms with Crippen LogP contribution >= 0.6 is 0 Å². The Morgan fingerprint density at radius 1 is 1.50 bits per heavy atom. The highest BCUT2D eigenvalue weighted by molar-refractivity contribution is 5.93. The molecule has 1 aromatic rings. The molecule has 0 saturated carbocycles. The lowest BCUT2D eigenvalue weighted by Gasteiger charge is -2.25. The van der Waals surface area contributed by atoms with Crippen LogP contribution in [-0.4, -0.2) is 33.4 Å². The molecule has 0 atom stereocenters. The first-order valence-corrected chi connectivity index (χ1v) is 5.09. The zero-order valence-corrected chi connectivity index (χ0v) is 9.42. The fourth-order valence-corrected chi connectivity index (χ4v) is 1.34. The second-order valence-corrected chi connectivity index (χ2v) is 3.63. The Morgan fingerprint density at radius 3 is 2.62 bits per heavy atom. The smallest absolute Gasteiger partial charge is 0.257 e. The molecule has 0 spiro atoms. The summed E-state index contributed by atoms with van der Waals surface area (Å²) < 4.78 is 0. The van der Waals surface area contributed by atoms with E-state index in [0.29, 0.717) is 18.5 Å². The molecule has 0 aliphatic carbocycles. The van der Waals surface area contributed by atoms with Crippen LogP contribution in [-0.2, 0) is 0 Å². The van der Waals surface area contributed by atoms with E-state index >= 15 is 0 Å². The van der Waals surface area contributed by atoms with Gasteiger partial charge in [-0.25, -0.2) is 9.97 Å². The number of hydrogen-bond acceptors (Lipinski definition) is 4. The van der Waals surface area contributed by atoms with Gasteiger partial charge in [0.1, 0.15) is 6.33 Å². The van der Waals surface area contributed by atoms with Crippen LogP contribution in [0.2, 0.25) is 0 Å². The maximum atomic E-state index is 12.0. The fraction of sp³-hybridized carbons (Fsp3) is 0.455. The predicted molar refractivity (Wildman–Crippen MR) is 58.4 cm³/mol. The van der Waals surface area contributed by atoms with Crippen LogP contribution in [0.15, 0.2) is 18.7 Å². The summed E-state index contributed by atoms with van der Waals surface area (Å²) in [5.74, 6) is -0.133. The Hall–Kier alpha value is -1.96. The largest absolute Gasteiger partial charge is 0.335 e. The first-order chi connectivity index (χ1) is 7.66. The standard InChI is InChI=1S/C11H14N4O/c1-9(2)15(5-3-4-12)11(16)10-6-13-8-14-7-10/h6-9H,3,5H2,1-2H3. The molecule has 5 heteroatoms. The number of carbonyl (C=O) groups is 1. The molecule has 0 bridgehead atoms. The molecule has 1 aromatic heterocycles. The molecule has 1 heterocycles. The fourth-order valence-electron chi connectivity index (χ4n) is 1.34. The lowest BCUT2D eigenvalue weighted by atomic mass is 10.2. The van der Waals surface area contributed by atoms with Crippen molar-refractivity contribution in [3.05, 3.63) is 24.3 Å². The van der Waals surface area contributed by atoms with Crippen LogP contribution in [0.4, 0.5) is 0 Å². The minimum atomic E-state index is -0.133. The molecule has 0 saturated heterocycles. The van der Waals surface area contributed by atoms with Crippen molar-refractivity contribution in [3.63, 3.8) is 0 Å². The van der Waals surface area contributed by atoms with Gasteiger partial charge in [-0.3, -0.25) is 4.79 Å². The van der Waals surface area contributed by atoms with Crippen molar-refractivity contribution in [2.24, 2.45) is 0 Å². The van der Waals surface area contributed by atoms with Gasteiger partial charge >= 0.3 is 0 Å². The van der Waals surface area contributed by atoms with Crippen molar-refractivity contribution < 1.29 is 4.79 Å². The Balaban J connectivity index is 2.80. The first kappa shape index (κ1) is 12.1. The van der Waals surface area contributed by atoms with E-state index in [1.165, 1.54) is 18.7 Å². The average molecular weight is 218 g/mol. The Kier molecular flexibility index (Phi) is 4.40. The van der Waals surface area contributed by atoms with Gasteiger partial charge in [-0.1, -0.05) is 0 Å². The number of nitrogens with zero attached hydrogens (tertiary/aromatic N) is 4. The van der Waals surface area contributed by atoms with Crippen molar-refractivity contribution >= 4 is 5.91 Å². The topological polar surface area (TPSA) is 69.9 Å². The molecular weight excluding hydrogens is 204 g/mol. The number of nitriles is 1. The van der Waals surface area contributed by atoms with Crippen LogP contribution < -0.4 is 0 Å². The summed E-state index contributed by atoms with van der Waals surface area (Å²) in [6.07, 6.45) is 4.68. The minimum absolute atomic E-state index is 0.0565. The van der Waals surface area contributed by atoms with Crippen molar-refractivity contribution in [1.29, 1.82) is 5.26 Å². The average Bonchev–Trinajstić information content (AvgIpc) is 2.30. The number of aromatic nitrogens is 2. The van der Waals surface area contributed by atoms with Gasteiger partial charge in [0.25, 0.3) is 5.91 Å². The number of hydrogen-bond donors (Lipinski definition) is 0. The highest BCUT2D eigenvalue weighted by Gasteiger charge is 2.18. The van der Waals surface area contributed by atoms with Gasteiger partial charge < -0.3 is 4.90 Å². The third kappa shape index (κ3) is 3.02. The summed E-state index contributed by atoms with van der Waals surface area (Å²) in [5.41, 5.74) is 0.453. The molecule has 0 unspecified atom stereocenters. The highest BCUT2D eigenvalue weighted by atomic mass is 16.2. The van der Waals surface area contributed by atoms with Crippen LogP contribution in [0.1, 0.15) is 30.6 Å². The highest BCUT2D eigenvalue weighted by Crippen LogP contribution is 2.07. The molecular formula is C11H14N4O. The Bertz CT molecular complexity index is 383.